The van der Waals surface area contributed by atoms with Gasteiger partial charge >= 0.3 is 6.03 Å². The molecule has 0 bridgehead atoms. The van der Waals surface area contributed by atoms with Crippen LogP contribution in [0.4, 0.5) is 9.18 Å². The maximum Gasteiger partial charge on any atom is 0.321 e. The largest absolute Gasteiger partial charge is 0.396 e. The van der Waals surface area contributed by atoms with Crippen LogP contribution in [0.1, 0.15) is 63.4 Å². The zero-order valence-corrected chi connectivity index (χ0v) is 20.1. The van der Waals surface area contributed by atoms with Crippen LogP contribution in [0.5, 0.6) is 0 Å². The topological polar surface area (TPSA) is 64.1 Å². The van der Waals surface area contributed by atoms with E-state index in [9.17, 15) is 14.0 Å². The van der Waals surface area contributed by atoms with Gasteiger partial charge in [0.05, 0.1) is 12.1 Å². The molecule has 33 heavy (non-hydrogen) atoms. The van der Waals surface area contributed by atoms with Gasteiger partial charge in [0, 0.05) is 31.7 Å². The number of amides is 2. The van der Waals surface area contributed by atoms with Gasteiger partial charge in [-0.2, -0.15) is 0 Å². The molecule has 0 unspecified atom stereocenters. The van der Waals surface area contributed by atoms with Crippen LogP contribution in [0.3, 0.4) is 0 Å². The van der Waals surface area contributed by atoms with Gasteiger partial charge in [0.25, 0.3) is 0 Å². The second-order valence-electron chi connectivity index (χ2n) is 10.6. The van der Waals surface area contributed by atoms with E-state index >= 15 is 0 Å². The van der Waals surface area contributed by atoms with E-state index in [1.165, 1.54) is 31.4 Å². The first-order valence-corrected chi connectivity index (χ1v) is 12.4. The number of aliphatic hydroxyl groups is 1. The summed E-state index contributed by atoms with van der Waals surface area (Å²) in [5.74, 6) is 0.353. The number of carbonyl (C=O) groups is 2. The van der Waals surface area contributed by atoms with Gasteiger partial charge in [-0.1, -0.05) is 18.6 Å². The monoisotopic (exact) mass is 459 g/mol. The fourth-order valence-corrected chi connectivity index (χ4v) is 6.09. The lowest BCUT2D eigenvalue weighted by Crippen LogP contribution is -2.56. The Bertz CT molecular complexity index is 845. The van der Waals surface area contributed by atoms with Gasteiger partial charge in [-0.05, 0) is 82.7 Å². The molecule has 1 heterocycles. The zero-order chi connectivity index (χ0) is 23.6. The Hall–Kier alpha value is -1.99. The number of halogens is 1. The Morgan fingerprint density at radius 1 is 1.15 bits per heavy atom. The van der Waals surface area contributed by atoms with E-state index in [4.69, 9.17) is 5.11 Å². The van der Waals surface area contributed by atoms with Crippen molar-refractivity contribution in [2.75, 3.05) is 40.3 Å². The lowest BCUT2D eigenvalue weighted by molar-refractivity contribution is -0.119. The highest BCUT2D eigenvalue weighted by Gasteiger charge is 2.55. The van der Waals surface area contributed by atoms with Crippen molar-refractivity contribution in [3.05, 3.63) is 35.6 Å². The highest BCUT2D eigenvalue weighted by atomic mass is 19.1. The van der Waals surface area contributed by atoms with Crippen molar-refractivity contribution in [3.8, 4) is 0 Å². The molecule has 7 heteroatoms. The summed E-state index contributed by atoms with van der Waals surface area (Å²) in [6.07, 6.45) is 7.82. The molecule has 3 fully saturated rings. The summed E-state index contributed by atoms with van der Waals surface area (Å²) in [6.45, 7) is 1.51. The van der Waals surface area contributed by atoms with E-state index in [1.807, 2.05) is 12.1 Å². The van der Waals surface area contributed by atoms with E-state index in [0.717, 1.165) is 37.8 Å². The zero-order valence-electron chi connectivity index (χ0n) is 20.1. The van der Waals surface area contributed by atoms with Gasteiger partial charge in [-0.25, -0.2) is 9.18 Å². The Labute approximate surface area is 196 Å². The van der Waals surface area contributed by atoms with Crippen LogP contribution < -0.4 is 0 Å². The summed E-state index contributed by atoms with van der Waals surface area (Å²) in [5, 5.41) is 9.04. The van der Waals surface area contributed by atoms with E-state index in [1.54, 1.807) is 4.90 Å². The molecule has 2 aliphatic carbocycles. The highest BCUT2D eigenvalue weighted by molar-refractivity contribution is 5.87. The smallest absolute Gasteiger partial charge is 0.321 e. The van der Waals surface area contributed by atoms with E-state index in [-0.39, 0.29) is 41.9 Å². The highest BCUT2D eigenvalue weighted by Crippen LogP contribution is 2.49. The predicted molar refractivity (Wildman–Crippen MR) is 125 cm³/mol. The average molecular weight is 460 g/mol. The molecular formula is C26H38FN3O3. The minimum atomic E-state index is -0.247. The number of rotatable bonds is 9. The average Bonchev–Trinajstić information content (AvgIpc) is 3.01. The van der Waals surface area contributed by atoms with Crippen LogP contribution in [0, 0.1) is 11.7 Å². The van der Waals surface area contributed by atoms with Crippen LogP contribution in [0.15, 0.2) is 24.3 Å². The van der Waals surface area contributed by atoms with Crippen molar-refractivity contribution >= 4 is 11.8 Å². The molecule has 1 aromatic carbocycles. The predicted octanol–water partition coefficient (Wildman–Crippen LogP) is 3.77. The first-order chi connectivity index (χ1) is 15.8. The van der Waals surface area contributed by atoms with Gasteiger partial charge in [-0.15, -0.1) is 0 Å². The number of carbonyl (C=O) groups excluding carboxylic acids is 2. The molecular weight excluding hydrogens is 421 g/mol. The molecule has 2 saturated carbocycles. The Kier molecular flexibility index (Phi) is 7.10. The molecule has 0 atom stereocenters. The molecule has 6 nitrogen and oxygen atoms in total. The summed E-state index contributed by atoms with van der Waals surface area (Å²) in [5.41, 5.74) is 0.687. The first-order valence-electron chi connectivity index (χ1n) is 12.4. The summed E-state index contributed by atoms with van der Waals surface area (Å²) < 4.78 is 13.6. The van der Waals surface area contributed by atoms with Gasteiger partial charge in [0.1, 0.15) is 5.82 Å². The van der Waals surface area contributed by atoms with Crippen LogP contribution in [-0.2, 0) is 10.3 Å². The van der Waals surface area contributed by atoms with Gasteiger partial charge in [0.2, 0.25) is 0 Å². The third-order valence-corrected chi connectivity index (χ3v) is 8.45. The minimum absolute atomic E-state index is 0.00150. The SMILES string of the molecule is CN(C)C1(c2ccc(F)cc2)CCC2(CC1)CN(CC(=O)CCCO)C(=O)N2CC1CCC1. The number of benzene rings is 1. The number of hydrogen-bond acceptors (Lipinski definition) is 4. The number of urea groups is 1. The molecule has 4 rings (SSSR count). The molecule has 3 aliphatic rings. The fraction of sp³-hybridized carbons (Fsp3) is 0.692. The maximum atomic E-state index is 13.6. The van der Waals surface area contributed by atoms with Crippen LogP contribution in [0.25, 0.3) is 0 Å². The number of hydrogen-bond donors (Lipinski definition) is 1. The molecule has 1 aromatic rings. The van der Waals surface area contributed by atoms with Crippen molar-refractivity contribution in [2.45, 2.75) is 68.9 Å². The Morgan fingerprint density at radius 2 is 1.82 bits per heavy atom. The number of ketones is 1. The molecule has 1 N–H and O–H groups in total. The van der Waals surface area contributed by atoms with Crippen LogP contribution >= 0.6 is 0 Å². The molecule has 2 amide bonds. The summed E-state index contributed by atoms with van der Waals surface area (Å²) in [4.78, 5) is 32.0. The second kappa shape index (κ2) is 9.71. The Morgan fingerprint density at radius 3 is 2.36 bits per heavy atom. The summed E-state index contributed by atoms with van der Waals surface area (Å²) >= 11 is 0. The molecule has 0 aromatic heterocycles. The molecule has 1 saturated heterocycles. The quantitative estimate of drug-likeness (QED) is 0.611. The van der Waals surface area contributed by atoms with Crippen molar-refractivity contribution in [3.63, 3.8) is 0 Å². The molecule has 182 valence electrons. The van der Waals surface area contributed by atoms with Crippen molar-refractivity contribution in [1.82, 2.24) is 14.7 Å². The lowest BCUT2D eigenvalue weighted by Gasteiger charge is -2.51. The van der Waals surface area contributed by atoms with Crippen LogP contribution in [-0.4, -0.2) is 77.5 Å². The third kappa shape index (κ3) is 4.67. The Balaban J connectivity index is 1.54. The summed E-state index contributed by atoms with van der Waals surface area (Å²) in [7, 11) is 4.17. The number of nitrogens with zero attached hydrogens (tertiary/aromatic N) is 3. The molecule has 1 spiro atoms. The van der Waals surface area contributed by atoms with E-state index < -0.39 is 0 Å². The van der Waals surface area contributed by atoms with Gasteiger partial charge in [-0.3, -0.25) is 9.69 Å². The molecule has 1 aliphatic heterocycles. The second-order valence-corrected chi connectivity index (χ2v) is 10.6. The lowest BCUT2D eigenvalue weighted by atomic mass is 9.68. The van der Waals surface area contributed by atoms with Gasteiger partial charge < -0.3 is 14.9 Å². The maximum absolute atomic E-state index is 13.6. The van der Waals surface area contributed by atoms with Gasteiger partial charge in [0.15, 0.2) is 5.78 Å². The minimum Gasteiger partial charge on any atom is -0.396 e. The van der Waals surface area contributed by atoms with E-state index in [2.05, 4.69) is 23.9 Å². The van der Waals surface area contributed by atoms with Crippen molar-refractivity contribution in [1.29, 1.82) is 0 Å². The van der Waals surface area contributed by atoms with Crippen molar-refractivity contribution in [2.24, 2.45) is 5.92 Å². The molecule has 0 radical (unpaired) electrons. The number of aliphatic hydroxyl groups excluding tert-OH is 1. The normalized spacial score (nSPS) is 28.1. The number of Topliss-reactive ketones (excluding diaryl/α,β-unsaturated/α-hetero) is 1. The van der Waals surface area contributed by atoms with Crippen LogP contribution in [0.2, 0.25) is 0 Å². The third-order valence-electron chi connectivity index (χ3n) is 8.45. The fourth-order valence-electron chi connectivity index (χ4n) is 6.09. The summed E-state index contributed by atoms with van der Waals surface area (Å²) in [6, 6.07) is 6.86. The first kappa shape index (κ1) is 24.1. The standard InChI is InChI=1S/C26H38FN3O3/c1-28(2)26(21-8-10-22(27)11-9-21)14-12-25(13-15-26)19-29(18-23(32)7-4-16-31)24(33)30(25)17-20-5-3-6-20/h8-11,20,31H,3-7,12-19H2,1-2H3. The van der Waals surface area contributed by atoms with E-state index in [0.29, 0.717) is 25.3 Å². The van der Waals surface area contributed by atoms with Crippen molar-refractivity contribution < 1.29 is 19.1 Å².